The van der Waals surface area contributed by atoms with Crippen LogP contribution in [0.1, 0.15) is 10.4 Å². The highest BCUT2D eigenvalue weighted by Gasteiger charge is 2.21. The Bertz CT molecular complexity index is 1220. The van der Waals surface area contributed by atoms with Crippen LogP contribution in [0, 0.1) is 11.6 Å². The van der Waals surface area contributed by atoms with Crippen LogP contribution in [0.3, 0.4) is 0 Å². The number of benzene rings is 3. The molecule has 3 aromatic carbocycles. The number of para-hydroxylation sites is 1. The molecule has 140 valence electrons. The predicted octanol–water partition coefficient (Wildman–Crippen LogP) is 4.26. The van der Waals surface area contributed by atoms with Gasteiger partial charge in [-0.1, -0.05) is 24.3 Å². The Labute approximate surface area is 156 Å². The molecule has 0 saturated heterocycles. The van der Waals surface area contributed by atoms with Crippen LogP contribution in [-0.4, -0.2) is 21.2 Å². The first-order valence-corrected chi connectivity index (χ1v) is 8.11. The van der Waals surface area contributed by atoms with Crippen molar-refractivity contribution in [2.75, 3.05) is 0 Å². The van der Waals surface area contributed by atoms with Crippen LogP contribution in [-0.2, 0) is 0 Å². The lowest BCUT2D eigenvalue weighted by molar-refractivity contribution is 0.0706. The van der Waals surface area contributed by atoms with Crippen LogP contribution in [0.4, 0.5) is 8.78 Å². The number of nitrogens with zero attached hydrogens (tertiary/aromatic N) is 1. The molecule has 0 aliphatic carbocycles. The minimum absolute atomic E-state index is 0.0997. The molecule has 0 bridgehead atoms. The first-order chi connectivity index (χ1) is 13.5. The number of halogens is 2. The maximum atomic E-state index is 14.7. The molecule has 0 atom stereocenters. The van der Waals surface area contributed by atoms with Crippen LogP contribution >= 0.6 is 0 Å². The van der Waals surface area contributed by atoms with Gasteiger partial charge in [0, 0.05) is 16.7 Å². The van der Waals surface area contributed by atoms with Crippen molar-refractivity contribution in [2.24, 2.45) is 0 Å². The SMILES string of the molecule is O=C(NO)c1ccc2oc(-c3ccc(-c4ccccc4O)c(F)c3F)nc2c1. The molecule has 6 nitrogen and oxygen atoms in total. The quantitative estimate of drug-likeness (QED) is 0.363. The van der Waals surface area contributed by atoms with Crippen molar-refractivity contribution in [3.05, 3.63) is 71.8 Å². The summed E-state index contributed by atoms with van der Waals surface area (Å²) >= 11 is 0. The lowest BCUT2D eigenvalue weighted by Crippen LogP contribution is -2.18. The normalized spacial score (nSPS) is 11.0. The first-order valence-electron chi connectivity index (χ1n) is 8.11. The number of rotatable bonds is 3. The van der Waals surface area contributed by atoms with E-state index in [4.69, 9.17) is 9.62 Å². The summed E-state index contributed by atoms with van der Waals surface area (Å²) in [4.78, 5) is 15.6. The van der Waals surface area contributed by atoms with Crippen molar-refractivity contribution < 1.29 is 28.3 Å². The Morgan fingerprint density at radius 2 is 1.68 bits per heavy atom. The van der Waals surface area contributed by atoms with E-state index in [0.717, 1.165) is 0 Å². The molecule has 0 aliphatic rings. The number of aromatic hydroxyl groups is 1. The van der Waals surface area contributed by atoms with Gasteiger partial charge in [0.05, 0.1) is 5.56 Å². The zero-order valence-corrected chi connectivity index (χ0v) is 14.1. The second-order valence-corrected chi connectivity index (χ2v) is 5.95. The standard InChI is InChI=1S/C20H12F2N2O4/c21-17-12(11-3-1-2-4-15(11)25)6-7-13(18(17)22)20-23-14-9-10(19(26)24-27)5-8-16(14)28-20/h1-9,25,27H,(H,24,26). The van der Waals surface area contributed by atoms with Gasteiger partial charge in [-0.05, 0) is 30.3 Å². The minimum atomic E-state index is -1.18. The van der Waals surface area contributed by atoms with Gasteiger partial charge in [-0.25, -0.2) is 19.2 Å². The van der Waals surface area contributed by atoms with Crippen LogP contribution in [0.2, 0.25) is 0 Å². The summed E-state index contributed by atoms with van der Waals surface area (Å²) in [5.74, 6) is -3.42. The van der Waals surface area contributed by atoms with Crippen molar-refractivity contribution in [3.63, 3.8) is 0 Å². The highest BCUT2D eigenvalue weighted by Crippen LogP contribution is 2.35. The number of hydrogen-bond donors (Lipinski definition) is 3. The monoisotopic (exact) mass is 382 g/mol. The molecule has 1 amide bonds. The average molecular weight is 382 g/mol. The molecule has 0 radical (unpaired) electrons. The van der Waals surface area contributed by atoms with E-state index >= 15 is 0 Å². The number of phenolic OH excluding ortho intramolecular Hbond substituents is 1. The molecule has 0 spiro atoms. The van der Waals surface area contributed by atoms with Crippen LogP contribution in [0.25, 0.3) is 33.7 Å². The number of phenols is 1. The average Bonchev–Trinajstić information content (AvgIpc) is 3.13. The van der Waals surface area contributed by atoms with E-state index in [0.29, 0.717) is 0 Å². The number of hydrogen-bond acceptors (Lipinski definition) is 5. The third kappa shape index (κ3) is 2.85. The van der Waals surface area contributed by atoms with Crippen molar-refractivity contribution in [2.45, 2.75) is 0 Å². The van der Waals surface area contributed by atoms with E-state index in [9.17, 15) is 18.7 Å². The van der Waals surface area contributed by atoms with E-state index in [1.807, 2.05) is 0 Å². The highest BCUT2D eigenvalue weighted by atomic mass is 19.2. The van der Waals surface area contributed by atoms with E-state index in [1.165, 1.54) is 47.9 Å². The summed E-state index contributed by atoms with van der Waals surface area (Å²) in [6.45, 7) is 0. The molecule has 4 aromatic rings. The summed E-state index contributed by atoms with van der Waals surface area (Å²) in [6, 6.07) is 12.8. The van der Waals surface area contributed by atoms with Gasteiger partial charge in [0.25, 0.3) is 5.91 Å². The summed E-state index contributed by atoms with van der Waals surface area (Å²) in [5, 5.41) is 18.6. The van der Waals surface area contributed by atoms with Crippen molar-refractivity contribution in [1.29, 1.82) is 0 Å². The van der Waals surface area contributed by atoms with Crippen molar-refractivity contribution >= 4 is 17.0 Å². The number of aromatic nitrogens is 1. The lowest BCUT2D eigenvalue weighted by Gasteiger charge is -2.08. The van der Waals surface area contributed by atoms with Gasteiger partial charge in [-0.2, -0.15) is 0 Å². The van der Waals surface area contributed by atoms with Gasteiger partial charge in [0.1, 0.15) is 11.3 Å². The Morgan fingerprint density at radius 1 is 0.964 bits per heavy atom. The van der Waals surface area contributed by atoms with Crippen LogP contribution < -0.4 is 5.48 Å². The van der Waals surface area contributed by atoms with Gasteiger partial charge in [0.2, 0.25) is 5.89 Å². The Kier molecular flexibility index (Phi) is 4.25. The fourth-order valence-electron chi connectivity index (χ4n) is 2.87. The molecule has 28 heavy (non-hydrogen) atoms. The highest BCUT2D eigenvalue weighted by molar-refractivity contribution is 5.96. The predicted molar refractivity (Wildman–Crippen MR) is 95.7 cm³/mol. The molecular formula is C20H12F2N2O4. The molecule has 4 rings (SSSR count). The molecule has 8 heteroatoms. The number of carbonyl (C=O) groups excluding carboxylic acids is 1. The van der Waals surface area contributed by atoms with Gasteiger partial charge in [0.15, 0.2) is 17.2 Å². The summed E-state index contributed by atoms with van der Waals surface area (Å²) < 4.78 is 34.8. The maximum Gasteiger partial charge on any atom is 0.274 e. The van der Waals surface area contributed by atoms with E-state index < -0.39 is 17.5 Å². The number of hydroxylamine groups is 1. The topological polar surface area (TPSA) is 95.6 Å². The van der Waals surface area contributed by atoms with E-state index in [1.54, 1.807) is 12.1 Å². The van der Waals surface area contributed by atoms with Gasteiger partial charge >= 0.3 is 0 Å². The second kappa shape index (κ2) is 6.75. The Hall–Kier alpha value is -3.78. The third-order valence-electron chi connectivity index (χ3n) is 4.26. The van der Waals surface area contributed by atoms with E-state index in [-0.39, 0.29) is 45.0 Å². The minimum Gasteiger partial charge on any atom is -0.507 e. The molecule has 1 aromatic heterocycles. The molecule has 3 N–H and O–H groups in total. The molecule has 0 saturated carbocycles. The molecule has 0 unspecified atom stereocenters. The number of carbonyl (C=O) groups is 1. The number of nitrogens with one attached hydrogen (secondary N) is 1. The van der Waals surface area contributed by atoms with Crippen molar-refractivity contribution in [3.8, 4) is 28.3 Å². The van der Waals surface area contributed by atoms with Crippen LogP contribution in [0.5, 0.6) is 5.75 Å². The molecule has 0 aliphatic heterocycles. The molecular weight excluding hydrogens is 370 g/mol. The fourth-order valence-corrected chi connectivity index (χ4v) is 2.87. The summed E-state index contributed by atoms with van der Waals surface area (Å²) in [7, 11) is 0. The summed E-state index contributed by atoms with van der Waals surface area (Å²) in [5.41, 5.74) is 1.97. The van der Waals surface area contributed by atoms with Gasteiger partial charge in [-0.3, -0.25) is 10.0 Å². The first kappa shape index (κ1) is 17.6. The van der Waals surface area contributed by atoms with Crippen molar-refractivity contribution in [1.82, 2.24) is 10.5 Å². The van der Waals surface area contributed by atoms with E-state index in [2.05, 4.69) is 4.98 Å². The van der Waals surface area contributed by atoms with Gasteiger partial charge < -0.3 is 9.52 Å². The lowest BCUT2D eigenvalue weighted by atomic mass is 10.0. The summed E-state index contributed by atoms with van der Waals surface area (Å²) in [6.07, 6.45) is 0. The molecule has 1 heterocycles. The fraction of sp³-hybridized carbons (Fsp3) is 0. The number of fused-ring (bicyclic) bond motifs is 1. The van der Waals surface area contributed by atoms with Gasteiger partial charge in [-0.15, -0.1) is 0 Å². The molecule has 0 fully saturated rings. The Balaban J connectivity index is 1.80. The maximum absolute atomic E-state index is 14.7. The Morgan fingerprint density at radius 3 is 2.43 bits per heavy atom. The third-order valence-corrected chi connectivity index (χ3v) is 4.26. The number of amides is 1. The second-order valence-electron chi connectivity index (χ2n) is 5.95. The zero-order chi connectivity index (χ0) is 19.8. The largest absolute Gasteiger partial charge is 0.507 e. The zero-order valence-electron chi connectivity index (χ0n) is 14.1. The van der Waals surface area contributed by atoms with Crippen LogP contribution in [0.15, 0.2) is 59.0 Å². The number of oxazole rings is 1. The smallest absolute Gasteiger partial charge is 0.274 e.